The van der Waals surface area contributed by atoms with Gasteiger partial charge in [0.05, 0.1) is 0 Å². The lowest BCUT2D eigenvalue weighted by molar-refractivity contribution is 0.0150. The van der Waals surface area contributed by atoms with Crippen molar-refractivity contribution in [1.29, 1.82) is 0 Å². The van der Waals surface area contributed by atoms with E-state index in [1.807, 2.05) is 23.1 Å². The minimum absolute atomic E-state index is 0.110. The molecule has 4 heteroatoms. The molecule has 2 N–H and O–H groups in total. The standard InChI is InChI=1S/C13H18F2N2/c1-13(14,15)6-8-17-7-2-3-10-4-5-11(16)9-12(10)17/h4-5,9H,2-3,6-8,16H2,1H3. The Morgan fingerprint density at radius 1 is 1.41 bits per heavy atom. The van der Waals surface area contributed by atoms with Gasteiger partial charge in [0.15, 0.2) is 0 Å². The Kier molecular flexibility index (Phi) is 3.22. The molecule has 1 aliphatic heterocycles. The van der Waals surface area contributed by atoms with Crippen molar-refractivity contribution >= 4 is 11.4 Å². The lowest BCUT2D eigenvalue weighted by Gasteiger charge is -2.32. The molecule has 0 atom stereocenters. The zero-order valence-electron chi connectivity index (χ0n) is 10.0. The first kappa shape index (κ1) is 12.1. The third kappa shape index (κ3) is 3.08. The van der Waals surface area contributed by atoms with Gasteiger partial charge in [0.1, 0.15) is 0 Å². The van der Waals surface area contributed by atoms with Gasteiger partial charge in [-0.15, -0.1) is 0 Å². The third-order valence-electron chi connectivity index (χ3n) is 3.14. The van der Waals surface area contributed by atoms with Crippen molar-refractivity contribution in [2.24, 2.45) is 0 Å². The molecule has 2 rings (SSSR count). The zero-order chi connectivity index (χ0) is 12.5. The Hall–Kier alpha value is -1.32. The number of benzene rings is 1. The molecule has 0 aliphatic carbocycles. The van der Waals surface area contributed by atoms with Crippen LogP contribution >= 0.6 is 0 Å². The van der Waals surface area contributed by atoms with E-state index in [2.05, 4.69) is 0 Å². The second-order valence-electron chi connectivity index (χ2n) is 4.80. The van der Waals surface area contributed by atoms with Gasteiger partial charge in [0, 0.05) is 30.9 Å². The van der Waals surface area contributed by atoms with Crippen LogP contribution in [0.15, 0.2) is 18.2 Å². The Balaban J connectivity index is 2.14. The summed E-state index contributed by atoms with van der Waals surface area (Å²) >= 11 is 0. The number of hydrogen-bond acceptors (Lipinski definition) is 2. The molecule has 1 aromatic rings. The molecule has 0 spiro atoms. The van der Waals surface area contributed by atoms with Gasteiger partial charge in [-0.25, -0.2) is 8.78 Å². The maximum Gasteiger partial charge on any atom is 0.247 e. The summed E-state index contributed by atoms with van der Waals surface area (Å²) < 4.78 is 25.8. The molecule has 0 bridgehead atoms. The Labute approximate surface area is 100 Å². The molecule has 0 aromatic heterocycles. The Morgan fingerprint density at radius 2 is 2.18 bits per heavy atom. The number of anilines is 2. The number of nitrogen functional groups attached to an aromatic ring is 1. The summed E-state index contributed by atoms with van der Waals surface area (Å²) in [4.78, 5) is 2.02. The normalized spacial score (nSPS) is 15.8. The molecular formula is C13H18F2N2. The minimum atomic E-state index is -2.60. The molecule has 1 aromatic carbocycles. The monoisotopic (exact) mass is 240 g/mol. The summed E-state index contributed by atoms with van der Waals surface area (Å²) in [5, 5.41) is 0. The molecular weight excluding hydrogens is 222 g/mol. The molecule has 0 unspecified atom stereocenters. The fourth-order valence-corrected chi connectivity index (χ4v) is 2.23. The number of nitrogens with zero attached hydrogens (tertiary/aromatic N) is 1. The first-order valence-electron chi connectivity index (χ1n) is 5.97. The van der Waals surface area contributed by atoms with Crippen LogP contribution in [0.2, 0.25) is 0 Å². The number of hydrogen-bond donors (Lipinski definition) is 1. The van der Waals surface area contributed by atoms with Crippen LogP contribution in [0.5, 0.6) is 0 Å². The van der Waals surface area contributed by atoms with E-state index in [-0.39, 0.29) is 6.42 Å². The quantitative estimate of drug-likeness (QED) is 0.823. The molecule has 17 heavy (non-hydrogen) atoms. The van der Waals surface area contributed by atoms with Crippen LogP contribution in [0.3, 0.4) is 0 Å². The topological polar surface area (TPSA) is 29.3 Å². The van der Waals surface area contributed by atoms with E-state index in [1.54, 1.807) is 0 Å². The van der Waals surface area contributed by atoms with Crippen LogP contribution in [0.1, 0.15) is 25.3 Å². The maximum absolute atomic E-state index is 12.9. The average molecular weight is 240 g/mol. The molecule has 94 valence electrons. The smallest absolute Gasteiger partial charge is 0.247 e. The lowest BCUT2D eigenvalue weighted by Crippen LogP contribution is -2.33. The predicted octanol–water partition coefficient (Wildman–Crippen LogP) is 3.07. The second-order valence-corrected chi connectivity index (χ2v) is 4.80. The Bertz CT molecular complexity index is 399. The van der Waals surface area contributed by atoms with Crippen LogP contribution in [0.4, 0.5) is 20.2 Å². The van der Waals surface area contributed by atoms with Crippen LogP contribution < -0.4 is 10.6 Å². The van der Waals surface area contributed by atoms with Crippen molar-refractivity contribution in [1.82, 2.24) is 0 Å². The van der Waals surface area contributed by atoms with Gasteiger partial charge >= 0.3 is 0 Å². The highest BCUT2D eigenvalue weighted by Gasteiger charge is 2.24. The van der Waals surface area contributed by atoms with E-state index >= 15 is 0 Å². The summed E-state index contributed by atoms with van der Waals surface area (Å²) in [5.74, 6) is -2.60. The summed E-state index contributed by atoms with van der Waals surface area (Å²) in [6, 6.07) is 5.76. The van der Waals surface area contributed by atoms with Crippen molar-refractivity contribution < 1.29 is 8.78 Å². The van der Waals surface area contributed by atoms with Crippen LogP contribution in [-0.2, 0) is 6.42 Å². The fraction of sp³-hybridized carbons (Fsp3) is 0.538. The van der Waals surface area contributed by atoms with Gasteiger partial charge < -0.3 is 10.6 Å². The number of halogens is 2. The van der Waals surface area contributed by atoms with Crippen LogP contribution in [0, 0.1) is 0 Å². The van der Waals surface area contributed by atoms with Gasteiger partial charge in [-0.05, 0) is 37.5 Å². The fourth-order valence-electron chi connectivity index (χ4n) is 2.23. The number of fused-ring (bicyclic) bond motifs is 1. The third-order valence-corrected chi connectivity index (χ3v) is 3.14. The molecule has 1 heterocycles. The molecule has 2 nitrogen and oxygen atoms in total. The molecule has 1 aliphatic rings. The first-order chi connectivity index (χ1) is 7.96. The Morgan fingerprint density at radius 3 is 2.88 bits per heavy atom. The number of rotatable bonds is 3. The molecule has 0 amide bonds. The zero-order valence-corrected chi connectivity index (χ0v) is 10.0. The van der Waals surface area contributed by atoms with Gasteiger partial charge in [0.2, 0.25) is 5.92 Å². The number of alkyl halides is 2. The second kappa shape index (κ2) is 4.51. The summed E-state index contributed by atoms with van der Waals surface area (Å²) in [7, 11) is 0. The van der Waals surface area contributed by atoms with Crippen molar-refractivity contribution in [3.63, 3.8) is 0 Å². The highest BCUT2D eigenvalue weighted by atomic mass is 19.3. The summed E-state index contributed by atoms with van der Waals surface area (Å²) in [6.45, 7) is 2.20. The van der Waals surface area contributed by atoms with E-state index in [4.69, 9.17) is 5.73 Å². The van der Waals surface area contributed by atoms with Crippen LogP contribution in [-0.4, -0.2) is 19.0 Å². The SMILES string of the molecule is CC(F)(F)CCN1CCCc2ccc(N)cc21. The van der Waals surface area contributed by atoms with E-state index in [9.17, 15) is 8.78 Å². The average Bonchev–Trinajstić information content (AvgIpc) is 2.25. The molecule has 0 radical (unpaired) electrons. The minimum Gasteiger partial charge on any atom is -0.399 e. The molecule has 0 saturated carbocycles. The largest absolute Gasteiger partial charge is 0.399 e. The van der Waals surface area contributed by atoms with E-state index in [0.29, 0.717) is 12.2 Å². The summed E-state index contributed by atoms with van der Waals surface area (Å²) in [5.41, 5.74) is 8.69. The van der Waals surface area contributed by atoms with Gasteiger partial charge in [0.25, 0.3) is 0 Å². The van der Waals surface area contributed by atoms with Crippen LogP contribution in [0.25, 0.3) is 0 Å². The molecule has 0 saturated heterocycles. The maximum atomic E-state index is 12.9. The first-order valence-corrected chi connectivity index (χ1v) is 5.97. The predicted molar refractivity (Wildman–Crippen MR) is 66.6 cm³/mol. The van der Waals surface area contributed by atoms with Gasteiger partial charge in [-0.2, -0.15) is 0 Å². The van der Waals surface area contributed by atoms with Crippen molar-refractivity contribution in [3.8, 4) is 0 Å². The molecule has 0 fully saturated rings. The van der Waals surface area contributed by atoms with Gasteiger partial charge in [-0.1, -0.05) is 6.07 Å². The lowest BCUT2D eigenvalue weighted by atomic mass is 10.0. The van der Waals surface area contributed by atoms with Crippen molar-refractivity contribution in [2.75, 3.05) is 23.7 Å². The number of nitrogens with two attached hydrogens (primary N) is 1. The van der Waals surface area contributed by atoms with E-state index in [0.717, 1.165) is 32.0 Å². The van der Waals surface area contributed by atoms with Crippen molar-refractivity contribution in [2.45, 2.75) is 32.1 Å². The highest BCUT2D eigenvalue weighted by molar-refractivity contribution is 5.62. The van der Waals surface area contributed by atoms with E-state index < -0.39 is 5.92 Å². The highest BCUT2D eigenvalue weighted by Crippen LogP contribution is 2.30. The van der Waals surface area contributed by atoms with E-state index in [1.165, 1.54) is 5.56 Å². The summed E-state index contributed by atoms with van der Waals surface area (Å²) in [6.07, 6.45) is 1.92. The van der Waals surface area contributed by atoms with Crippen molar-refractivity contribution in [3.05, 3.63) is 23.8 Å². The van der Waals surface area contributed by atoms with Gasteiger partial charge in [-0.3, -0.25) is 0 Å². The number of aryl methyl sites for hydroxylation is 1.